The van der Waals surface area contributed by atoms with Crippen LogP contribution in [0.1, 0.15) is 31.2 Å². The molecule has 0 spiro atoms. The molecule has 0 aliphatic carbocycles. The van der Waals surface area contributed by atoms with Gasteiger partial charge in [-0.25, -0.2) is 8.78 Å². The maximum Gasteiger partial charge on any atom is 0.303 e. The lowest BCUT2D eigenvalue weighted by molar-refractivity contribution is -0.137. The van der Waals surface area contributed by atoms with Crippen molar-refractivity contribution < 1.29 is 18.7 Å². The van der Waals surface area contributed by atoms with E-state index >= 15 is 0 Å². The van der Waals surface area contributed by atoms with Gasteiger partial charge in [0, 0.05) is 31.1 Å². The van der Waals surface area contributed by atoms with Crippen molar-refractivity contribution in [1.82, 2.24) is 4.90 Å². The monoisotopic (exact) mass is 283 g/mol. The van der Waals surface area contributed by atoms with Crippen LogP contribution in [0, 0.1) is 17.6 Å². The van der Waals surface area contributed by atoms with Gasteiger partial charge in [0.25, 0.3) is 0 Å². The standard InChI is InChI=1S/C15H19F2NO2/c16-13-5-4-12(14(17)8-13)10-18-7-1-2-11(9-18)3-6-15(19)20/h4-5,8,11H,1-3,6-7,9-10H2,(H,19,20). The van der Waals surface area contributed by atoms with Crippen LogP contribution in [0.2, 0.25) is 0 Å². The molecule has 1 atom stereocenters. The molecule has 1 saturated heterocycles. The molecule has 1 aliphatic rings. The average molecular weight is 283 g/mol. The van der Waals surface area contributed by atoms with Crippen molar-refractivity contribution in [2.75, 3.05) is 13.1 Å². The first kappa shape index (κ1) is 14.9. The van der Waals surface area contributed by atoms with Crippen molar-refractivity contribution >= 4 is 5.97 Å². The number of hydrogen-bond donors (Lipinski definition) is 1. The molecular weight excluding hydrogens is 264 g/mol. The Morgan fingerprint density at radius 3 is 2.90 bits per heavy atom. The van der Waals surface area contributed by atoms with Crippen molar-refractivity contribution in [2.24, 2.45) is 5.92 Å². The average Bonchev–Trinajstić information content (AvgIpc) is 2.40. The molecule has 1 aromatic carbocycles. The number of benzene rings is 1. The van der Waals surface area contributed by atoms with Crippen LogP contribution < -0.4 is 0 Å². The minimum atomic E-state index is -0.772. The molecular formula is C15H19F2NO2. The predicted molar refractivity (Wildman–Crippen MR) is 71.2 cm³/mol. The van der Waals surface area contributed by atoms with E-state index in [0.29, 0.717) is 24.4 Å². The molecule has 0 bridgehead atoms. The van der Waals surface area contributed by atoms with Crippen LogP contribution in [0.5, 0.6) is 0 Å². The maximum atomic E-state index is 13.6. The number of hydrogen-bond acceptors (Lipinski definition) is 2. The lowest BCUT2D eigenvalue weighted by Gasteiger charge is -2.32. The molecule has 20 heavy (non-hydrogen) atoms. The number of piperidine rings is 1. The SMILES string of the molecule is O=C(O)CCC1CCCN(Cc2ccc(F)cc2F)C1. The molecule has 1 aliphatic heterocycles. The molecule has 1 fully saturated rings. The summed E-state index contributed by atoms with van der Waals surface area (Å²) < 4.78 is 26.5. The quantitative estimate of drug-likeness (QED) is 0.903. The van der Waals surface area contributed by atoms with Crippen molar-refractivity contribution in [3.8, 4) is 0 Å². The van der Waals surface area contributed by atoms with Gasteiger partial charge in [0.15, 0.2) is 0 Å². The van der Waals surface area contributed by atoms with Gasteiger partial charge in [-0.3, -0.25) is 9.69 Å². The van der Waals surface area contributed by atoms with Crippen LogP contribution in [0.3, 0.4) is 0 Å². The lowest BCUT2D eigenvalue weighted by atomic mass is 9.93. The van der Waals surface area contributed by atoms with Gasteiger partial charge in [-0.1, -0.05) is 6.07 Å². The molecule has 110 valence electrons. The minimum absolute atomic E-state index is 0.184. The first-order chi connectivity index (χ1) is 9.54. The molecule has 1 heterocycles. The van der Waals surface area contributed by atoms with Crippen molar-refractivity contribution in [1.29, 1.82) is 0 Å². The Balaban J connectivity index is 1.90. The van der Waals surface area contributed by atoms with E-state index in [-0.39, 0.29) is 6.42 Å². The Kier molecular flexibility index (Phi) is 5.06. The van der Waals surface area contributed by atoms with E-state index in [1.165, 1.54) is 12.1 Å². The van der Waals surface area contributed by atoms with Gasteiger partial charge in [0.2, 0.25) is 0 Å². The summed E-state index contributed by atoms with van der Waals surface area (Å²) in [4.78, 5) is 12.7. The highest BCUT2D eigenvalue weighted by atomic mass is 19.1. The Hall–Kier alpha value is -1.49. The van der Waals surface area contributed by atoms with Crippen molar-refractivity contribution in [2.45, 2.75) is 32.2 Å². The van der Waals surface area contributed by atoms with Crippen LogP contribution in [-0.4, -0.2) is 29.1 Å². The number of carboxylic acids is 1. The van der Waals surface area contributed by atoms with Crippen LogP contribution in [0.25, 0.3) is 0 Å². The second kappa shape index (κ2) is 6.79. The molecule has 0 radical (unpaired) electrons. The molecule has 0 amide bonds. The van der Waals surface area contributed by atoms with Crippen molar-refractivity contribution in [3.05, 3.63) is 35.4 Å². The Labute approximate surface area is 117 Å². The third-order valence-corrected chi connectivity index (χ3v) is 3.78. The molecule has 0 aromatic heterocycles. The predicted octanol–water partition coefficient (Wildman–Crippen LogP) is 3.04. The van der Waals surface area contributed by atoms with Gasteiger partial charge in [0.1, 0.15) is 11.6 Å². The Morgan fingerprint density at radius 1 is 1.40 bits per heavy atom. The first-order valence-electron chi connectivity index (χ1n) is 6.92. The van der Waals surface area contributed by atoms with E-state index in [4.69, 9.17) is 5.11 Å². The fourth-order valence-electron chi connectivity index (χ4n) is 2.75. The first-order valence-corrected chi connectivity index (χ1v) is 6.92. The summed E-state index contributed by atoms with van der Waals surface area (Å²) in [5.41, 5.74) is 0.491. The number of nitrogens with zero attached hydrogens (tertiary/aromatic N) is 1. The summed E-state index contributed by atoms with van der Waals surface area (Å²) in [6.07, 6.45) is 2.87. The third kappa shape index (κ3) is 4.27. The molecule has 5 heteroatoms. The number of rotatable bonds is 5. The largest absolute Gasteiger partial charge is 0.481 e. The Bertz CT molecular complexity index is 479. The lowest BCUT2D eigenvalue weighted by Crippen LogP contribution is -2.35. The van der Waals surface area contributed by atoms with Crippen LogP contribution in [0.15, 0.2) is 18.2 Å². The van der Waals surface area contributed by atoms with Gasteiger partial charge >= 0.3 is 5.97 Å². The number of aliphatic carboxylic acids is 1. The van der Waals surface area contributed by atoms with Crippen LogP contribution in [-0.2, 0) is 11.3 Å². The summed E-state index contributed by atoms with van der Waals surface area (Å²) in [5.74, 6) is -1.50. The zero-order chi connectivity index (χ0) is 14.5. The number of carbonyl (C=O) groups is 1. The maximum absolute atomic E-state index is 13.6. The zero-order valence-electron chi connectivity index (χ0n) is 11.3. The fraction of sp³-hybridized carbons (Fsp3) is 0.533. The molecule has 1 aromatic rings. The van der Waals surface area contributed by atoms with Gasteiger partial charge < -0.3 is 5.11 Å². The molecule has 1 N–H and O–H groups in total. The van der Waals surface area contributed by atoms with Gasteiger partial charge in [-0.2, -0.15) is 0 Å². The summed E-state index contributed by atoms with van der Waals surface area (Å²) in [5, 5.41) is 8.71. The highest BCUT2D eigenvalue weighted by Gasteiger charge is 2.21. The van der Waals surface area contributed by atoms with Gasteiger partial charge in [-0.15, -0.1) is 0 Å². The number of halogens is 2. The topological polar surface area (TPSA) is 40.5 Å². The second-order valence-electron chi connectivity index (χ2n) is 5.41. The summed E-state index contributed by atoms with van der Waals surface area (Å²) in [6, 6.07) is 3.65. The Morgan fingerprint density at radius 2 is 2.20 bits per heavy atom. The summed E-state index contributed by atoms with van der Waals surface area (Å²) >= 11 is 0. The highest BCUT2D eigenvalue weighted by molar-refractivity contribution is 5.66. The van der Waals surface area contributed by atoms with E-state index in [2.05, 4.69) is 4.90 Å². The fourth-order valence-corrected chi connectivity index (χ4v) is 2.75. The molecule has 0 saturated carbocycles. The van der Waals surface area contributed by atoms with E-state index in [1.807, 2.05) is 0 Å². The smallest absolute Gasteiger partial charge is 0.303 e. The van der Waals surface area contributed by atoms with Gasteiger partial charge in [0.05, 0.1) is 0 Å². The molecule has 2 rings (SSSR count). The second-order valence-corrected chi connectivity index (χ2v) is 5.41. The molecule has 3 nitrogen and oxygen atoms in total. The van der Waals surface area contributed by atoms with E-state index in [1.54, 1.807) is 0 Å². The number of likely N-dealkylation sites (tertiary alicyclic amines) is 1. The summed E-state index contributed by atoms with van der Waals surface area (Å²) in [6.45, 7) is 2.11. The minimum Gasteiger partial charge on any atom is -0.481 e. The van der Waals surface area contributed by atoms with Crippen LogP contribution in [0.4, 0.5) is 8.78 Å². The van der Waals surface area contributed by atoms with E-state index < -0.39 is 17.6 Å². The van der Waals surface area contributed by atoms with E-state index in [0.717, 1.165) is 32.0 Å². The highest BCUT2D eigenvalue weighted by Crippen LogP contribution is 2.23. The normalized spacial score (nSPS) is 20.0. The van der Waals surface area contributed by atoms with Gasteiger partial charge in [-0.05, 0) is 37.8 Å². The zero-order valence-corrected chi connectivity index (χ0v) is 11.3. The summed E-state index contributed by atoms with van der Waals surface area (Å²) in [7, 11) is 0. The van der Waals surface area contributed by atoms with Crippen LogP contribution >= 0.6 is 0 Å². The van der Waals surface area contributed by atoms with Crippen molar-refractivity contribution in [3.63, 3.8) is 0 Å². The van der Waals surface area contributed by atoms with E-state index in [9.17, 15) is 13.6 Å². The third-order valence-electron chi connectivity index (χ3n) is 3.78. The molecule has 1 unspecified atom stereocenters. The number of carboxylic acid groups (broad SMARTS) is 1.